The molecule has 1 fully saturated rings. The maximum Gasteiger partial charge on any atom is 0.247 e. The highest BCUT2D eigenvalue weighted by molar-refractivity contribution is 5.51. The number of nitrogens with one attached hydrogen (secondary N) is 1. The quantitative estimate of drug-likeness (QED) is 0.883. The summed E-state index contributed by atoms with van der Waals surface area (Å²) in [6, 6.07) is 10.5. The molecule has 3 rings (SSSR count). The average Bonchev–Trinajstić information content (AvgIpc) is 3.19. The summed E-state index contributed by atoms with van der Waals surface area (Å²) < 4.78 is 5.82. The second-order valence-electron chi connectivity index (χ2n) is 5.48. The Morgan fingerprint density at radius 3 is 2.86 bits per heavy atom. The molecule has 1 atom stereocenters. The Morgan fingerprint density at radius 2 is 2.14 bits per heavy atom. The van der Waals surface area contributed by atoms with Gasteiger partial charge in [0.05, 0.1) is 6.54 Å². The first-order chi connectivity index (χ1) is 10.4. The zero-order chi connectivity index (χ0) is 14.5. The molecule has 5 nitrogen and oxygen atoms in total. The molecule has 0 amide bonds. The van der Waals surface area contributed by atoms with Crippen molar-refractivity contribution in [3.63, 3.8) is 0 Å². The molecule has 0 saturated carbocycles. The van der Waals surface area contributed by atoms with Crippen molar-refractivity contribution < 1.29 is 4.42 Å². The molecule has 1 aromatic heterocycles. The Morgan fingerprint density at radius 1 is 1.29 bits per heavy atom. The summed E-state index contributed by atoms with van der Waals surface area (Å²) in [5, 5.41) is 11.8. The van der Waals surface area contributed by atoms with Crippen molar-refractivity contribution in [2.24, 2.45) is 0 Å². The fourth-order valence-electron chi connectivity index (χ4n) is 2.82. The van der Waals surface area contributed by atoms with Crippen LogP contribution in [0.3, 0.4) is 0 Å². The molecule has 0 aliphatic carbocycles. The summed E-state index contributed by atoms with van der Waals surface area (Å²) in [4.78, 5) is 2.45. The normalized spacial score (nSPS) is 18.5. The molecular formula is C16H22N4O. The highest BCUT2D eigenvalue weighted by Gasteiger charge is 2.23. The molecule has 5 heteroatoms. The number of hydrogen-bond acceptors (Lipinski definition) is 5. The summed E-state index contributed by atoms with van der Waals surface area (Å²) in [6.07, 6.45) is 2.33. The summed E-state index contributed by atoms with van der Waals surface area (Å²) in [5.41, 5.74) is 0.973. The lowest BCUT2D eigenvalue weighted by molar-refractivity contribution is 0.181. The van der Waals surface area contributed by atoms with Gasteiger partial charge >= 0.3 is 0 Å². The van der Waals surface area contributed by atoms with E-state index in [-0.39, 0.29) is 0 Å². The monoisotopic (exact) mass is 286 g/mol. The van der Waals surface area contributed by atoms with E-state index in [9.17, 15) is 0 Å². The van der Waals surface area contributed by atoms with Gasteiger partial charge in [0.2, 0.25) is 11.8 Å². The predicted molar refractivity (Wildman–Crippen MR) is 81.7 cm³/mol. The highest BCUT2D eigenvalue weighted by atomic mass is 16.4. The van der Waals surface area contributed by atoms with Crippen LogP contribution in [0.2, 0.25) is 0 Å². The first-order valence-corrected chi connectivity index (χ1v) is 7.69. The third-order valence-electron chi connectivity index (χ3n) is 3.89. The van der Waals surface area contributed by atoms with E-state index < -0.39 is 0 Å². The predicted octanol–water partition coefficient (Wildman–Crippen LogP) is 2.31. The van der Waals surface area contributed by atoms with Crippen molar-refractivity contribution in [1.29, 1.82) is 0 Å². The SMILES string of the molecule is CCCN(Cc1nnc(-c2ccccc2)o1)C1CCNC1. The smallest absolute Gasteiger partial charge is 0.247 e. The van der Waals surface area contributed by atoms with E-state index in [0.29, 0.717) is 17.8 Å². The standard InChI is InChI=1S/C16H22N4O/c1-2-10-20(14-8-9-17-11-14)12-15-18-19-16(21-15)13-6-4-3-5-7-13/h3-7,14,17H,2,8-12H2,1H3. The fourth-order valence-corrected chi connectivity index (χ4v) is 2.82. The number of aromatic nitrogens is 2. The van der Waals surface area contributed by atoms with E-state index in [4.69, 9.17) is 4.42 Å². The van der Waals surface area contributed by atoms with Gasteiger partial charge in [-0.05, 0) is 38.1 Å². The molecule has 0 spiro atoms. The summed E-state index contributed by atoms with van der Waals surface area (Å²) in [5.74, 6) is 1.31. The van der Waals surface area contributed by atoms with Crippen molar-refractivity contribution in [2.45, 2.75) is 32.4 Å². The van der Waals surface area contributed by atoms with Crippen molar-refractivity contribution in [3.8, 4) is 11.5 Å². The van der Waals surface area contributed by atoms with Crippen LogP contribution >= 0.6 is 0 Å². The molecule has 0 bridgehead atoms. The Hall–Kier alpha value is -1.72. The summed E-state index contributed by atoms with van der Waals surface area (Å²) >= 11 is 0. The molecule has 0 radical (unpaired) electrons. The lowest BCUT2D eigenvalue weighted by atomic mass is 10.2. The Labute approximate surface area is 125 Å². The minimum Gasteiger partial charge on any atom is -0.419 e. The van der Waals surface area contributed by atoms with Gasteiger partial charge in [-0.2, -0.15) is 0 Å². The van der Waals surface area contributed by atoms with Crippen molar-refractivity contribution in [1.82, 2.24) is 20.4 Å². The second kappa shape index (κ2) is 6.83. The molecule has 1 aliphatic heterocycles. The van der Waals surface area contributed by atoms with Gasteiger partial charge in [0.1, 0.15) is 0 Å². The van der Waals surface area contributed by atoms with Crippen LogP contribution in [0.15, 0.2) is 34.7 Å². The molecule has 112 valence electrons. The zero-order valence-electron chi connectivity index (χ0n) is 12.5. The minimum atomic E-state index is 0.581. The van der Waals surface area contributed by atoms with Crippen LogP contribution in [0.1, 0.15) is 25.7 Å². The van der Waals surface area contributed by atoms with Gasteiger partial charge in [0, 0.05) is 18.2 Å². The third kappa shape index (κ3) is 3.49. The fraction of sp³-hybridized carbons (Fsp3) is 0.500. The van der Waals surface area contributed by atoms with E-state index in [1.54, 1.807) is 0 Å². The highest BCUT2D eigenvalue weighted by Crippen LogP contribution is 2.19. The van der Waals surface area contributed by atoms with Crippen LogP contribution in [-0.4, -0.2) is 40.8 Å². The maximum atomic E-state index is 5.82. The van der Waals surface area contributed by atoms with E-state index in [1.807, 2.05) is 30.3 Å². The second-order valence-corrected chi connectivity index (χ2v) is 5.48. The van der Waals surface area contributed by atoms with E-state index in [0.717, 1.165) is 38.2 Å². The van der Waals surface area contributed by atoms with Crippen molar-refractivity contribution in [2.75, 3.05) is 19.6 Å². The van der Waals surface area contributed by atoms with Gasteiger partial charge in [-0.3, -0.25) is 4.90 Å². The average molecular weight is 286 g/mol. The van der Waals surface area contributed by atoms with Gasteiger partial charge in [-0.25, -0.2) is 0 Å². The van der Waals surface area contributed by atoms with E-state index >= 15 is 0 Å². The Kier molecular flexibility index (Phi) is 4.62. The van der Waals surface area contributed by atoms with Crippen LogP contribution in [0.25, 0.3) is 11.5 Å². The van der Waals surface area contributed by atoms with Crippen LogP contribution < -0.4 is 5.32 Å². The number of rotatable bonds is 6. The molecule has 2 heterocycles. The Bertz CT molecular complexity index is 548. The largest absolute Gasteiger partial charge is 0.419 e. The molecule has 1 saturated heterocycles. The summed E-state index contributed by atoms with van der Waals surface area (Å²) in [6.45, 7) is 6.16. The van der Waals surface area contributed by atoms with E-state index in [1.165, 1.54) is 6.42 Å². The number of nitrogens with zero attached hydrogens (tertiary/aromatic N) is 3. The van der Waals surface area contributed by atoms with Crippen LogP contribution in [0.4, 0.5) is 0 Å². The lowest BCUT2D eigenvalue weighted by Gasteiger charge is -2.26. The van der Waals surface area contributed by atoms with Crippen LogP contribution in [-0.2, 0) is 6.54 Å². The molecule has 1 N–H and O–H groups in total. The lowest BCUT2D eigenvalue weighted by Crippen LogP contribution is -2.37. The van der Waals surface area contributed by atoms with Gasteiger partial charge < -0.3 is 9.73 Å². The van der Waals surface area contributed by atoms with Crippen LogP contribution in [0, 0.1) is 0 Å². The molecule has 1 aliphatic rings. The first kappa shape index (κ1) is 14.2. The number of hydrogen-bond donors (Lipinski definition) is 1. The minimum absolute atomic E-state index is 0.581. The van der Waals surface area contributed by atoms with Gasteiger partial charge in [-0.15, -0.1) is 10.2 Å². The molecule has 1 aromatic carbocycles. The molecular weight excluding hydrogens is 264 g/mol. The zero-order valence-corrected chi connectivity index (χ0v) is 12.5. The van der Waals surface area contributed by atoms with E-state index in [2.05, 4.69) is 27.3 Å². The van der Waals surface area contributed by atoms with Crippen molar-refractivity contribution >= 4 is 0 Å². The first-order valence-electron chi connectivity index (χ1n) is 7.69. The van der Waals surface area contributed by atoms with Gasteiger partial charge in [0.15, 0.2) is 0 Å². The topological polar surface area (TPSA) is 54.2 Å². The van der Waals surface area contributed by atoms with Crippen LogP contribution in [0.5, 0.6) is 0 Å². The van der Waals surface area contributed by atoms with Gasteiger partial charge in [-0.1, -0.05) is 25.1 Å². The van der Waals surface area contributed by atoms with Gasteiger partial charge in [0.25, 0.3) is 0 Å². The summed E-state index contributed by atoms with van der Waals surface area (Å²) in [7, 11) is 0. The van der Waals surface area contributed by atoms with Crippen molar-refractivity contribution in [3.05, 3.63) is 36.2 Å². The Balaban J connectivity index is 1.70. The molecule has 21 heavy (non-hydrogen) atoms. The molecule has 1 unspecified atom stereocenters. The molecule has 2 aromatic rings. The number of benzene rings is 1. The third-order valence-corrected chi connectivity index (χ3v) is 3.89. The maximum absolute atomic E-state index is 5.82.